The topological polar surface area (TPSA) is 35.2 Å². The number of benzene rings is 1. The van der Waals surface area contributed by atoms with Crippen LogP contribution < -0.4 is 10.5 Å². The summed E-state index contributed by atoms with van der Waals surface area (Å²) in [6, 6.07) is 5.18. The number of ether oxygens (including phenoxy) is 1. The molecule has 1 unspecified atom stereocenters. The average Bonchev–Trinajstić information content (AvgIpc) is 2.28. The molecule has 4 heteroatoms. The summed E-state index contributed by atoms with van der Waals surface area (Å²) in [5.41, 5.74) is 6.75. The molecule has 0 aliphatic rings. The van der Waals surface area contributed by atoms with Gasteiger partial charge in [-0.3, -0.25) is 0 Å². The molecule has 0 fully saturated rings. The molecule has 0 heterocycles. The molecule has 1 aromatic carbocycles. The Morgan fingerprint density at radius 3 is 2.59 bits per heavy atom. The zero-order valence-electron chi connectivity index (χ0n) is 10.4. The van der Waals surface area contributed by atoms with Gasteiger partial charge in [-0.1, -0.05) is 19.9 Å². The van der Waals surface area contributed by atoms with Crippen LogP contribution in [0, 0.1) is 5.82 Å². The number of nitrogens with two attached hydrogens (primary N) is 1. The van der Waals surface area contributed by atoms with Crippen LogP contribution in [-0.4, -0.2) is 12.6 Å². The van der Waals surface area contributed by atoms with Gasteiger partial charge in [-0.25, -0.2) is 4.39 Å². The van der Waals surface area contributed by atoms with Crippen LogP contribution in [0.4, 0.5) is 4.39 Å². The molecule has 2 N–H and O–H groups in total. The molecule has 0 saturated carbocycles. The largest absolute Gasteiger partial charge is 0.491 e. The van der Waals surface area contributed by atoms with Gasteiger partial charge in [-0.05, 0) is 37.0 Å². The highest BCUT2D eigenvalue weighted by atomic mass is 35.5. The van der Waals surface area contributed by atoms with Gasteiger partial charge in [0.1, 0.15) is 0 Å². The van der Waals surface area contributed by atoms with Crippen molar-refractivity contribution in [2.45, 2.75) is 39.2 Å². The second-order valence-electron chi connectivity index (χ2n) is 3.99. The van der Waals surface area contributed by atoms with Crippen molar-refractivity contribution in [2.75, 3.05) is 6.61 Å². The lowest BCUT2D eigenvalue weighted by Gasteiger charge is -2.10. The fourth-order valence-electron chi connectivity index (χ4n) is 1.45. The summed E-state index contributed by atoms with van der Waals surface area (Å²) in [6.07, 6.45) is 2.49. The van der Waals surface area contributed by atoms with Gasteiger partial charge in [0.05, 0.1) is 6.61 Å². The zero-order valence-corrected chi connectivity index (χ0v) is 11.2. The van der Waals surface area contributed by atoms with Crippen molar-refractivity contribution in [3.63, 3.8) is 0 Å². The maximum Gasteiger partial charge on any atom is 0.165 e. The van der Waals surface area contributed by atoms with Crippen molar-refractivity contribution in [2.24, 2.45) is 5.73 Å². The van der Waals surface area contributed by atoms with E-state index in [1.165, 1.54) is 6.07 Å². The van der Waals surface area contributed by atoms with Crippen LogP contribution in [0.5, 0.6) is 5.75 Å². The summed E-state index contributed by atoms with van der Waals surface area (Å²) in [4.78, 5) is 0. The molecule has 0 amide bonds. The quantitative estimate of drug-likeness (QED) is 0.853. The molecule has 0 aliphatic carbocycles. The van der Waals surface area contributed by atoms with Gasteiger partial charge in [0.25, 0.3) is 0 Å². The van der Waals surface area contributed by atoms with Crippen molar-refractivity contribution in [1.82, 2.24) is 0 Å². The van der Waals surface area contributed by atoms with Gasteiger partial charge in [0.15, 0.2) is 11.6 Å². The minimum Gasteiger partial charge on any atom is -0.491 e. The van der Waals surface area contributed by atoms with E-state index in [9.17, 15) is 4.39 Å². The van der Waals surface area contributed by atoms with Gasteiger partial charge >= 0.3 is 0 Å². The Hall–Kier alpha value is -0.800. The Morgan fingerprint density at radius 2 is 2.06 bits per heavy atom. The van der Waals surface area contributed by atoms with E-state index in [2.05, 4.69) is 0 Å². The van der Waals surface area contributed by atoms with E-state index >= 15 is 0 Å². The Bertz CT molecular complexity index is 333. The van der Waals surface area contributed by atoms with Crippen LogP contribution >= 0.6 is 12.4 Å². The van der Waals surface area contributed by atoms with E-state index in [0.717, 1.165) is 18.4 Å². The van der Waals surface area contributed by atoms with Gasteiger partial charge in [-0.15, -0.1) is 12.4 Å². The fourth-order valence-corrected chi connectivity index (χ4v) is 1.45. The molecule has 0 aliphatic heterocycles. The highest BCUT2D eigenvalue weighted by Crippen LogP contribution is 2.19. The van der Waals surface area contributed by atoms with E-state index in [0.29, 0.717) is 18.8 Å². The first-order valence-electron chi connectivity index (χ1n) is 5.84. The van der Waals surface area contributed by atoms with Crippen molar-refractivity contribution < 1.29 is 9.13 Å². The van der Waals surface area contributed by atoms with E-state index in [4.69, 9.17) is 10.5 Å². The molecule has 0 radical (unpaired) electrons. The third-order valence-electron chi connectivity index (χ3n) is 2.48. The first kappa shape index (κ1) is 16.2. The second-order valence-corrected chi connectivity index (χ2v) is 3.99. The first-order chi connectivity index (χ1) is 7.67. The normalized spacial score (nSPS) is 11.8. The molecule has 0 aromatic heterocycles. The van der Waals surface area contributed by atoms with E-state index in [1.807, 2.05) is 19.9 Å². The zero-order chi connectivity index (χ0) is 12.0. The molecule has 0 saturated heterocycles. The van der Waals surface area contributed by atoms with Gasteiger partial charge in [-0.2, -0.15) is 0 Å². The summed E-state index contributed by atoms with van der Waals surface area (Å²) < 4.78 is 18.8. The number of hydrogen-bond donors (Lipinski definition) is 1. The van der Waals surface area contributed by atoms with E-state index in [1.54, 1.807) is 6.07 Å². The van der Waals surface area contributed by atoms with Crippen LogP contribution in [-0.2, 0) is 6.42 Å². The lowest BCUT2D eigenvalue weighted by molar-refractivity contribution is 0.301. The number of halogens is 2. The highest BCUT2D eigenvalue weighted by molar-refractivity contribution is 5.85. The van der Waals surface area contributed by atoms with Crippen LogP contribution in [0.3, 0.4) is 0 Å². The summed E-state index contributed by atoms with van der Waals surface area (Å²) >= 11 is 0. The smallest absolute Gasteiger partial charge is 0.165 e. The van der Waals surface area contributed by atoms with Crippen molar-refractivity contribution in [1.29, 1.82) is 0 Å². The van der Waals surface area contributed by atoms with Crippen LogP contribution in [0.25, 0.3) is 0 Å². The predicted octanol–water partition coefficient (Wildman–Crippen LogP) is 3.32. The Kier molecular flexibility index (Phi) is 7.92. The van der Waals surface area contributed by atoms with E-state index in [-0.39, 0.29) is 24.3 Å². The monoisotopic (exact) mass is 261 g/mol. The fraction of sp³-hybridized carbons (Fsp3) is 0.538. The number of hydrogen-bond acceptors (Lipinski definition) is 2. The number of rotatable bonds is 6. The van der Waals surface area contributed by atoms with Gasteiger partial charge in [0.2, 0.25) is 0 Å². The minimum absolute atomic E-state index is 0. The molecule has 1 atom stereocenters. The second kappa shape index (κ2) is 8.31. The molecule has 0 spiro atoms. The summed E-state index contributed by atoms with van der Waals surface area (Å²) in [5.74, 6) is 0.0323. The van der Waals surface area contributed by atoms with Gasteiger partial charge in [0, 0.05) is 6.04 Å². The first-order valence-corrected chi connectivity index (χ1v) is 5.84. The standard InChI is InChI=1S/C13H20FNO.ClH/c1-3-7-16-13-6-5-10(9-12(13)14)8-11(15)4-2;/h5-6,9,11H,3-4,7-8,15H2,1-2H3;1H. The lowest BCUT2D eigenvalue weighted by atomic mass is 10.0. The van der Waals surface area contributed by atoms with Crippen molar-refractivity contribution >= 4 is 12.4 Å². The van der Waals surface area contributed by atoms with E-state index < -0.39 is 0 Å². The molecular formula is C13H21ClFNO. The molecule has 1 rings (SSSR count). The minimum atomic E-state index is -0.297. The Morgan fingerprint density at radius 1 is 1.35 bits per heavy atom. The van der Waals surface area contributed by atoms with Crippen molar-refractivity contribution in [3.05, 3.63) is 29.6 Å². The Labute approximate surface area is 109 Å². The third kappa shape index (κ3) is 5.37. The molecule has 17 heavy (non-hydrogen) atoms. The predicted molar refractivity (Wildman–Crippen MR) is 71.4 cm³/mol. The van der Waals surface area contributed by atoms with Crippen LogP contribution in [0.1, 0.15) is 32.3 Å². The Balaban J connectivity index is 0.00000256. The summed E-state index contributed by atoms with van der Waals surface area (Å²) in [7, 11) is 0. The average molecular weight is 262 g/mol. The maximum atomic E-state index is 13.6. The summed E-state index contributed by atoms with van der Waals surface area (Å²) in [6.45, 7) is 4.57. The SMILES string of the molecule is CCCOc1ccc(CC(N)CC)cc1F.Cl. The molecule has 98 valence electrons. The van der Waals surface area contributed by atoms with Crippen LogP contribution in [0.2, 0.25) is 0 Å². The molecule has 0 bridgehead atoms. The maximum absolute atomic E-state index is 13.6. The molecular weight excluding hydrogens is 241 g/mol. The lowest BCUT2D eigenvalue weighted by Crippen LogP contribution is -2.21. The highest BCUT2D eigenvalue weighted by Gasteiger charge is 2.07. The molecule has 1 aromatic rings. The van der Waals surface area contributed by atoms with Crippen LogP contribution in [0.15, 0.2) is 18.2 Å². The van der Waals surface area contributed by atoms with Gasteiger partial charge < -0.3 is 10.5 Å². The van der Waals surface area contributed by atoms with Crippen molar-refractivity contribution in [3.8, 4) is 5.75 Å². The summed E-state index contributed by atoms with van der Waals surface area (Å²) in [5, 5.41) is 0. The molecule has 2 nitrogen and oxygen atoms in total. The third-order valence-corrected chi connectivity index (χ3v) is 2.48.